The maximum atomic E-state index is 11.9. The van der Waals surface area contributed by atoms with Gasteiger partial charge in [0.05, 0.1) is 17.0 Å². The van der Waals surface area contributed by atoms with E-state index in [1.165, 1.54) is 5.56 Å². The summed E-state index contributed by atoms with van der Waals surface area (Å²) in [7, 11) is 0. The zero-order chi connectivity index (χ0) is 17.5. The summed E-state index contributed by atoms with van der Waals surface area (Å²) in [6, 6.07) is 12.4. The molecule has 132 valence electrons. The van der Waals surface area contributed by atoms with Gasteiger partial charge in [-0.2, -0.15) is 0 Å². The van der Waals surface area contributed by atoms with Gasteiger partial charge in [0.1, 0.15) is 0 Å². The Labute approximate surface area is 160 Å². The zero-order valence-electron chi connectivity index (χ0n) is 13.9. The topological polar surface area (TPSA) is 41.6 Å². The average Bonchev–Trinajstić information content (AvgIpc) is 3.06. The summed E-state index contributed by atoms with van der Waals surface area (Å²) < 4.78 is 6.43. The highest BCUT2D eigenvalue weighted by molar-refractivity contribution is 9.11. The van der Waals surface area contributed by atoms with Crippen LogP contribution in [0.15, 0.2) is 46.3 Å². The second-order valence-corrected chi connectivity index (χ2v) is 8.39. The number of rotatable bonds is 6. The molecule has 3 rings (SSSR count). The standard InChI is InChI=1S/C19H21BrN2O2S/c20-18-7-5-17(25-18)6-8-19(23)21-13-15-1-3-16(4-2-15)14-22-9-11-24-12-10-22/h1-8H,9-14H2,(H,21,23). The van der Waals surface area contributed by atoms with E-state index in [9.17, 15) is 4.79 Å². The Balaban J connectivity index is 1.44. The molecule has 1 saturated heterocycles. The molecule has 0 unspecified atom stereocenters. The molecule has 0 spiro atoms. The van der Waals surface area contributed by atoms with Crippen LogP contribution in [0.25, 0.3) is 6.08 Å². The van der Waals surface area contributed by atoms with Crippen LogP contribution in [0.4, 0.5) is 0 Å². The minimum Gasteiger partial charge on any atom is -0.379 e. The van der Waals surface area contributed by atoms with Gasteiger partial charge in [0.2, 0.25) is 5.91 Å². The molecule has 0 radical (unpaired) electrons. The van der Waals surface area contributed by atoms with Crippen LogP contribution in [0.1, 0.15) is 16.0 Å². The van der Waals surface area contributed by atoms with Gasteiger partial charge in [-0.3, -0.25) is 9.69 Å². The number of carbonyl (C=O) groups excluding carboxylic acids is 1. The molecule has 2 heterocycles. The lowest BCUT2D eigenvalue weighted by Gasteiger charge is -2.26. The van der Waals surface area contributed by atoms with Crippen molar-refractivity contribution >= 4 is 39.2 Å². The molecule has 25 heavy (non-hydrogen) atoms. The van der Waals surface area contributed by atoms with Crippen molar-refractivity contribution in [1.29, 1.82) is 0 Å². The Morgan fingerprint density at radius 2 is 1.88 bits per heavy atom. The van der Waals surface area contributed by atoms with Crippen LogP contribution < -0.4 is 5.32 Å². The van der Waals surface area contributed by atoms with E-state index in [-0.39, 0.29) is 5.91 Å². The van der Waals surface area contributed by atoms with E-state index in [0.717, 1.165) is 47.1 Å². The van der Waals surface area contributed by atoms with Gasteiger partial charge in [-0.15, -0.1) is 11.3 Å². The molecule has 2 aromatic rings. The molecule has 0 bridgehead atoms. The van der Waals surface area contributed by atoms with Crippen LogP contribution in [-0.4, -0.2) is 37.1 Å². The first-order valence-electron chi connectivity index (χ1n) is 8.28. The van der Waals surface area contributed by atoms with Crippen molar-refractivity contribution in [3.8, 4) is 0 Å². The van der Waals surface area contributed by atoms with Gasteiger partial charge in [-0.1, -0.05) is 24.3 Å². The Morgan fingerprint density at radius 3 is 2.56 bits per heavy atom. The molecule has 6 heteroatoms. The number of nitrogens with one attached hydrogen (secondary N) is 1. The van der Waals surface area contributed by atoms with Crippen LogP contribution in [0.5, 0.6) is 0 Å². The fourth-order valence-corrected chi connectivity index (χ4v) is 3.93. The molecule has 1 aromatic carbocycles. The van der Waals surface area contributed by atoms with Crippen molar-refractivity contribution in [3.63, 3.8) is 0 Å². The molecular formula is C19H21BrN2O2S. The Hall–Kier alpha value is -1.47. The average molecular weight is 421 g/mol. The number of ether oxygens (including phenoxy) is 1. The number of halogens is 1. The van der Waals surface area contributed by atoms with E-state index in [2.05, 4.69) is 50.4 Å². The molecule has 1 aliphatic heterocycles. The van der Waals surface area contributed by atoms with E-state index in [1.807, 2.05) is 18.2 Å². The number of hydrogen-bond donors (Lipinski definition) is 1. The zero-order valence-corrected chi connectivity index (χ0v) is 16.3. The summed E-state index contributed by atoms with van der Waals surface area (Å²) in [5.74, 6) is -0.0816. The van der Waals surface area contributed by atoms with E-state index in [4.69, 9.17) is 4.74 Å². The lowest BCUT2D eigenvalue weighted by atomic mass is 10.1. The van der Waals surface area contributed by atoms with Gasteiger partial charge in [-0.25, -0.2) is 0 Å². The molecule has 1 N–H and O–H groups in total. The quantitative estimate of drug-likeness (QED) is 0.724. The lowest BCUT2D eigenvalue weighted by Crippen LogP contribution is -2.35. The minimum absolute atomic E-state index is 0.0816. The van der Waals surface area contributed by atoms with Crippen molar-refractivity contribution in [3.05, 3.63) is 62.3 Å². The summed E-state index contributed by atoms with van der Waals surface area (Å²) in [5, 5.41) is 2.92. The van der Waals surface area contributed by atoms with Gasteiger partial charge >= 0.3 is 0 Å². The monoisotopic (exact) mass is 420 g/mol. The summed E-state index contributed by atoms with van der Waals surface area (Å²) in [6.45, 7) is 5.11. The molecule has 4 nitrogen and oxygen atoms in total. The van der Waals surface area contributed by atoms with Crippen molar-refractivity contribution in [2.45, 2.75) is 13.1 Å². The molecule has 1 aromatic heterocycles. The van der Waals surface area contributed by atoms with Gasteiger partial charge < -0.3 is 10.1 Å². The number of morpholine rings is 1. The normalized spacial score (nSPS) is 15.6. The number of thiophene rings is 1. The predicted octanol–water partition coefficient (Wildman–Crippen LogP) is 3.67. The van der Waals surface area contributed by atoms with Crippen molar-refractivity contribution < 1.29 is 9.53 Å². The van der Waals surface area contributed by atoms with Gasteiger partial charge in [0.25, 0.3) is 0 Å². The first-order valence-corrected chi connectivity index (χ1v) is 9.89. The fraction of sp³-hybridized carbons (Fsp3) is 0.316. The van der Waals surface area contributed by atoms with Crippen molar-refractivity contribution in [2.75, 3.05) is 26.3 Å². The molecular weight excluding hydrogens is 400 g/mol. The number of benzene rings is 1. The third-order valence-electron chi connectivity index (χ3n) is 3.99. The third kappa shape index (κ3) is 6.08. The van der Waals surface area contributed by atoms with Gasteiger partial charge in [0.15, 0.2) is 0 Å². The highest BCUT2D eigenvalue weighted by atomic mass is 79.9. The molecule has 1 aliphatic rings. The Morgan fingerprint density at radius 1 is 1.16 bits per heavy atom. The first-order chi connectivity index (χ1) is 12.2. The second kappa shape index (κ2) is 9.29. The Kier molecular flexibility index (Phi) is 6.81. The van der Waals surface area contributed by atoms with Crippen LogP contribution in [0, 0.1) is 0 Å². The number of amides is 1. The Bertz CT molecular complexity index is 721. The smallest absolute Gasteiger partial charge is 0.244 e. The van der Waals surface area contributed by atoms with Crippen LogP contribution in [0.3, 0.4) is 0 Å². The van der Waals surface area contributed by atoms with E-state index >= 15 is 0 Å². The van der Waals surface area contributed by atoms with Crippen LogP contribution >= 0.6 is 27.3 Å². The molecule has 0 aliphatic carbocycles. The van der Waals surface area contributed by atoms with E-state index < -0.39 is 0 Å². The summed E-state index contributed by atoms with van der Waals surface area (Å²) in [4.78, 5) is 15.3. The van der Waals surface area contributed by atoms with Gasteiger partial charge in [-0.05, 0) is 45.3 Å². The summed E-state index contributed by atoms with van der Waals surface area (Å²) >= 11 is 5.01. The summed E-state index contributed by atoms with van der Waals surface area (Å²) in [6.07, 6.45) is 3.40. The molecule has 1 fully saturated rings. The first kappa shape index (κ1) is 18.3. The minimum atomic E-state index is -0.0816. The van der Waals surface area contributed by atoms with Crippen molar-refractivity contribution in [1.82, 2.24) is 10.2 Å². The highest BCUT2D eigenvalue weighted by Gasteiger charge is 2.10. The van der Waals surface area contributed by atoms with Crippen LogP contribution in [0.2, 0.25) is 0 Å². The lowest BCUT2D eigenvalue weighted by molar-refractivity contribution is -0.116. The number of hydrogen-bond acceptors (Lipinski definition) is 4. The number of nitrogens with zero attached hydrogens (tertiary/aromatic N) is 1. The number of carbonyl (C=O) groups is 1. The van der Waals surface area contributed by atoms with Crippen LogP contribution in [-0.2, 0) is 22.6 Å². The fourth-order valence-electron chi connectivity index (χ4n) is 2.60. The predicted molar refractivity (Wildman–Crippen MR) is 105 cm³/mol. The maximum absolute atomic E-state index is 11.9. The van der Waals surface area contributed by atoms with Gasteiger partial charge in [0, 0.05) is 37.1 Å². The third-order valence-corrected chi connectivity index (χ3v) is 5.58. The summed E-state index contributed by atoms with van der Waals surface area (Å²) in [5.41, 5.74) is 2.39. The molecule has 0 atom stereocenters. The van der Waals surface area contributed by atoms with Crippen molar-refractivity contribution in [2.24, 2.45) is 0 Å². The maximum Gasteiger partial charge on any atom is 0.244 e. The molecule has 1 amide bonds. The van der Waals surface area contributed by atoms with E-state index in [1.54, 1.807) is 17.4 Å². The van der Waals surface area contributed by atoms with E-state index in [0.29, 0.717) is 6.54 Å². The SMILES string of the molecule is O=C(C=Cc1ccc(Br)s1)NCc1ccc(CN2CCOCC2)cc1. The highest BCUT2D eigenvalue weighted by Crippen LogP contribution is 2.22. The second-order valence-electron chi connectivity index (χ2n) is 5.90. The molecule has 0 saturated carbocycles. The largest absolute Gasteiger partial charge is 0.379 e.